The third-order valence-electron chi connectivity index (χ3n) is 5.40. The molecule has 4 rings (SSSR count). The Labute approximate surface area is 142 Å². The zero-order valence-corrected chi connectivity index (χ0v) is 13.7. The van der Waals surface area contributed by atoms with Crippen molar-refractivity contribution in [1.29, 1.82) is 0 Å². The van der Waals surface area contributed by atoms with Crippen molar-refractivity contribution >= 4 is 27.6 Å². The third-order valence-corrected chi connectivity index (χ3v) is 6.59. The Bertz CT molecular complexity index is 852. The second-order valence-electron chi connectivity index (χ2n) is 6.64. The number of hydrogen-bond donors (Lipinski definition) is 0. The summed E-state index contributed by atoms with van der Waals surface area (Å²) < 4.78 is 29.4. The van der Waals surface area contributed by atoms with Crippen LogP contribution >= 0.6 is 0 Å². The molecule has 3 fully saturated rings. The Morgan fingerprint density at radius 1 is 1.04 bits per heavy atom. The minimum atomic E-state index is -4.44. The van der Waals surface area contributed by atoms with E-state index in [1.165, 1.54) is 0 Å². The Morgan fingerprint density at radius 3 is 2.04 bits per heavy atom. The second-order valence-corrected chi connectivity index (χ2v) is 8.16. The van der Waals surface area contributed by atoms with Crippen LogP contribution in [-0.4, -0.2) is 30.2 Å². The summed E-state index contributed by atoms with van der Waals surface area (Å²) in [6, 6.07) is 4.03. The molecule has 1 heterocycles. The topological polar surface area (TPSA) is 124 Å². The zero-order valence-electron chi connectivity index (χ0n) is 12.9. The van der Waals surface area contributed by atoms with Gasteiger partial charge in [-0.1, -0.05) is 0 Å². The van der Waals surface area contributed by atoms with Crippen LogP contribution in [0, 0.1) is 33.8 Å². The molecule has 2 aliphatic carbocycles. The van der Waals surface area contributed by atoms with Crippen molar-refractivity contribution in [3.05, 3.63) is 34.4 Å². The smallest absolute Gasteiger partial charge is 0.272 e. The van der Waals surface area contributed by atoms with Gasteiger partial charge in [-0.2, -0.15) is 8.42 Å². The van der Waals surface area contributed by atoms with Gasteiger partial charge in [0.05, 0.1) is 21.7 Å². The van der Waals surface area contributed by atoms with E-state index in [1.54, 1.807) is 0 Å². The van der Waals surface area contributed by atoms with Gasteiger partial charge in [0.1, 0.15) is 0 Å². The molecule has 0 N–H and O–H groups in total. The summed E-state index contributed by atoms with van der Waals surface area (Å²) in [5, 5.41) is 11.0. The van der Waals surface area contributed by atoms with Crippen LogP contribution in [0.2, 0.25) is 0 Å². The number of carbonyl (C=O) groups is 2. The normalized spacial score (nSPS) is 30.8. The van der Waals surface area contributed by atoms with E-state index in [0.717, 1.165) is 43.5 Å². The maximum absolute atomic E-state index is 12.5. The van der Waals surface area contributed by atoms with Crippen molar-refractivity contribution in [2.75, 3.05) is 0 Å². The molecule has 10 heteroatoms. The van der Waals surface area contributed by atoms with Crippen LogP contribution in [0.1, 0.15) is 19.3 Å². The summed E-state index contributed by atoms with van der Waals surface area (Å²) in [4.78, 5) is 34.5. The number of rotatable bonds is 4. The van der Waals surface area contributed by atoms with E-state index >= 15 is 0 Å². The molecule has 2 saturated carbocycles. The predicted octanol–water partition coefficient (Wildman–Crippen LogP) is 1.25. The minimum absolute atomic E-state index is 0.113. The highest BCUT2D eigenvalue weighted by molar-refractivity contribution is 7.86. The van der Waals surface area contributed by atoms with E-state index in [2.05, 4.69) is 0 Å². The van der Waals surface area contributed by atoms with E-state index < -0.39 is 38.7 Å². The van der Waals surface area contributed by atoms with Crippen LogP contribution in [0.15, 0.2) is 29.2 Å². The van der Waals surface area contributed by atoms with Gasteiger partial charge >= 0.3 is 10.1 Å². The molecule has 132 valence electrons. The first-order chi connectivity index (χ1) is 11.8. The average Bonchev–Trinajstić information content (AvgIpc) is 3.25. The number of non-ortho nitro benzene ring substituents is 1. The third kappa shape index (κ3) is 2.35. The molecule has 1 aromatic carbocycles. The molecule has 0 radical (unpaired) electrons. The second kappa shape index (κ2) is 5.33. The molecule has 2 amide bonds. The van der Waals surface area contributed by atoms with E-state index in [0.29, 0.717) is 5.06 Å². The lowest BCUT2D eigenvalue weighted by atomic mass is 9.81. The monoisotopic (exact) mass is 366 g/mol. The number of amides is 2. The molecule has 2 bridgehead atoms. The van der Waals surface area contributed by atoms with Crippen molar-refractivity contribution in [3.63, 3.8) is 0 Å². The van der Waals surface area contributed by atoms with Crippen molar-refractivity contribution in [3.8, 4) is 0 Å². The van der Waals surface area contributed by atoms with Crippen molar-refractivity contribution < 1.29 is 27.2 Å². The molecular formula is C15H14N2O7S. The number of hydrogen-bond acceptors (Lipinski definition) is 7. The van der Waals surface area contributed by atoms with Crippen LogP contribution in [0.4, 0.5) is 5.69 Å². The van der Waals surface area contributed by atoms with Crippen LogP contribution in [0.3, 0.4) is 0 Å². The Hall–Kier alpha value is -2.33. The van der Waals surface area contributed by atoms with Gasteiger partial charge in [0, 0.05) is 12.1 Å². The zero-order chi connectivity index (χ0) is 17.9. The highest BCUT2D eigenvalue weighted by Crippen LogP contribution is 2.56. The number of nitro groups is 1. The fourth-order valence-corrected chi connectivity index (χ4v) is 5.23. The van der Waals surface area contributed by atoms with Gasteiger partial charge in [-0.05, 0) is 43.2 Å². The van der Waals surface area contributed by atoms with Crippen molar-refractivity contribution in [2.45, 2.75) is 24.2 Å². The quantitative estimate of drug-likeness (QED) is 0.446. The van der Waals surface area contributed by atoms with Crippen LogP contribution < -0.4 is 0 Å². The average molecular weight is 366 g/mol. The number of nitro benzene ring substituents is 1. The first-order valence-electron chi connectivity index (χ1n) is 7.86. The number of carbonyl (C=O) groups excluding carboxylic acids is 2. The van der Waals surface area contributed by atoms with Gasteiger partial charge in [0.25, 0.3) is 17.5 Å². The molecule has 1 aromatic rings. The summed E-state index contributed by atoms with van der Waals surface area (Å²) in [6.45, 7) is 0. The van der Waals surface area contributed by atoms with Crippen LogP contribution in [0.25, 0.3) is 0 Å². The van der Waals surface area contributed by atoms with Gasteiger partial charge in [0.15, 0.2) is 0 Å². The molecule has 25 heavy (non-hydrogen) atoms. The summed E-state index contributed by atoms with van der Waals surface area (Å²) in [5.41, 5.74) is -0.279. The van der Waals surface area contributed by atoms with Crippen LogP contribution in [0.5, 0.6) is 0 Å². The van der Waals surface area contributed by atoms with Crippen molar-refractivity contribution in [2.24, 2.45) is 23.7 Å². The summed E-state index contributed by atoms with van der Waals surface area (Å²) in [5.74, 6) is -1.96. The van der Waals surface area contributed by atoms with Gasteiger partial charge in [0.2, 0.25) is 0 Å². The van der Waals surface area contributed by atoms with Crippen LogP contribution in [-0.2, 0) is 24.0 Å². The molecule has 4 atom stereocenters. The number of hydroxylamine groups is 2. The molecule has 1 aliphatic heterocycles. The first kappa shape index (κ1) is 16.2. The lowest BCUT2D eigenvalue weighted by molar-refractivity contribution is -0.384. The molecule has 0 unspecified atom stereocenters. The first-order valence-corrected chi connectivity index (χ1v) is 9.27. The Morgan fingerprint density at radius 2 is 1.56 bits per heavy atom. The lowest BCUT2D eigenvalue weighted by Gasteiger charge is -2.18. The number of fused-ring (bicyclic) bond motifs is 5. The summed E-state index contributed by atoms with van der Waals surface area (Å²) in [7, 11) is -4.44. The van der Waals surface area contributed by atoms with Gasteiger partial charge in [-0.25, -0.2) is 0 Å². The van der Waals surface area contributed by atoms with Crippen molar-refractivity contribution in [1.82, 2.24) is 5.06 Å². The molecular weight excluding hydrogens is 352 g/mol. The molecule has 0 spiro atoms. The standard InChI is InChI=1S/C15H14N2O7S/c18-14-12-8-1-2-9(7-8)13(12)15(19)16(14)24-25(22,23)11-5-3-10(4-6-11)17(20)21/h3-6,8-9,12-13H,1-2,7H2/t8-,9-,12-,13+/m0/s1. The maximum Gasteiger partial charge on any atom is 0.318 e. The fourth-order valence-electron chi connectivity index (χ4n) is 4.33. The summed E-state index contributed by atoms with van der Waals surface area (Å²) in [6.07, 6.45) is 2.57. The highest BCUT2D eigenvalue weighted by atomic mass is 32.2. The van der Waals surface area contributed by atoms with E-state index in [-0.39, 0.29) is 22.4 Å². The molecule has 9 nitrogen and oxygen atoms in total. The van der Waals surface area contributed by atoms with E-state index in [4.69, 9.17) is 4.28 Å². The predicted molar refractivity (Wildman–Crippen MR) is 81.0 cm³/mol. The fraction of sp³-hybridized carbons (Fsp3) is 0.467. The highest BCUT2D eigenvalue weighted by Gasteiger charge is 2.62. The summed E-state index contributed by atoms with van der Waals surface area (Å²) >= 11 is 0. The molecule has 1 saturated heterocycles. The molecule has 0 aromatic heterocycles. The largest absolute Gasteiger partial charge is 0.318 e. The number of imide groups is 1. The van der Waals surface area contributed by atoms with Gasteiger partial charge < -0.3 is 0 Å². The number of benzene rings is 1. The Kier molecular flexibility index (Phi) is 3.45. The van der Waals surface area contributed by atoms with E-state index in [9.17, 15) is 28.1 Å². The lowest BCUT2D eigenvalue weighted by Crippen LogP contribution is -2.35. The number of nitrogens with zero attached hydrogens (tertiary/aromatic N) is 2. The van der Waals surface area contributed by atoms with Gasteiger partial charge in [-0.3, -0.25) is 19.7 Å². The maximum atomic E-state index is 12.5. The Balaban J connectivity index is 1.58. The SMILES string of the molecule is O=C1[C@@H]2[C@H]3CC[C@@H](C3)[C@@H]2C(=O)N1OS(=O)(=O)c1ccc([N+](=O)[O-])cc1. The molecule has 3 aliphatic rings. The van der Waals surface area contributed by atoms with E-state index in [1.807, 2.05) is 0 Å². The van der Waals surface area contributed by atoms with Gasteiger partial charge in [-0.15, -0.1) is 9.35 Å². The minimum Gasteiger partial charge on any atom is -0.272 e.